The van der Waals surface area contributed by atoms with Crippen LogP contribution in [0.1, 0.15) is 35.3 Å². The van der Waals surface area contributed by atoms with Crippen molar-refractivity contribution in [3.05, 3.63) is 83.2 Å². The average molecular weight is 489 g/mol. The lowest BCUT2D eigenvalue weighted by Gasteiger charge is -2.19. The Morgan fingerprint density at radius 2 is 1.77 bits per heavy atom. The molecule has 0 aliphatic rings. The molecule has 0 radical (unpaired) electrons. The molecular formula is C26H24N4O4S. The fraction of sp³-hybridized carbons (Fsp3) is 0.154. The minimum atomic E-state index is -0.567. The van der Waals surface area contributed by atoms with Gasteiger partial charge in [-0.1, -0.05) is 36.4 Å². The fourth-order valence-corrected chi connectivity index (χ4v) is 4.36. The van der Waals surface area contributed by atoms with E-state index in [-0.39, 0.29) is 12.3 Å². The average Bonchev–Trinajstić information content (AvgIpc) is 3.41. The lowest BCUT2D eigenvalue weighted by atomic mass is 10.0. The molecule has 178 valence electrons. The summed E-state index contributed by atoms with van der Waals surface area (Å²) in [6.07, 6.45) is -0.0657. The Morgan fingerprint density at radius 3 is 2.46 bits per heavy atom. The molecule has 0 aliphatic carbocycles. The van der Waals surface area contributed by atoms with Gasteiger partial charge in [0.15, 0.2) is 0 Å². The van der Waals surface area contributed by atoms with E-state index in [1.165, 1.54) is 18.3 Å². The number of aromatic nitrogens is 1. The van der Waals surface area contributed by atoms with Crippen LogP contribution in [0.25, 0.3) is 21.5 Å². The Balaban J connectivity index is 1.49. The fourth-order valence-electron chi connectivity index (χ4n) is 3.68. The molecule has 0 bridgehead atoms. The summed E-state index contributed by atoms with van der Waals surface area (Å²) in [7, 11) is 1.56. The zero-order chi connectivity index (χ0) is 24.8. The number of methoxy groups -OCH3 is 1. The number of hydrazine groups is 1. The first kappa shape index (κ1) is 23.9. The van der Waals surface area contributed by atoms with Crippen LogP contribution in [0.5, 0.6) is 5.75 Å². The first-order chi connectivity index (χ1) is 16.9. The van der Waals surface area contributed by atoms with Crippen molar-refractivity contribution in [1.82, 2.24) is 21.2 Å². The summed E-state index contributed by atoms with van der Waals surface area (Å²) >= 11 is 1.53. The van der Waals surface area contributed by atoms with Crippen LogP contribution in [0.4, 0.5) is 0 Å². The van der Waals surface area contributed by atoms with Crippen molar-refractivity contribution in [2.24, 2.45) is 0 Å². The van der Waals surface area contributed by atoms with Crippen molar-refractivity contribution >= 4 is 40.0 Å². The third kappa shape index (κ3) is 5.82. The van der Waals surface area contributed by atoms with Gasteiger partial charge in [0, 0.05) is 12.3 Å². The van der Waals surface area contributed by atoms with Crippen LogP contribution in [-0.4, -0.2) is 29.8 Å². The maximum Gasteiger partial charge on any atom is 0.270 e. The van der Waals surface area contributed by atoms with Crippen molar-refractivity contribution in [3.63, 3.8) is 0 Å². The van der Waals surface area contributed by atoms with Gasteiger partial charge >= 0.3 is 0 Å². The first-order valence-corrected chi connectivity index (χ1v) is 11.8. The second-order valence-electron chi connectivity index (χ2n) is 7.78. The molecule has 1 atom stereocenters. The van der Waals surface area contributed by atoms with Crippen molar-refractivity contribution < 1.29 is 19.1 Å². The van der Waals surface area contributed by atoms with Crippen molar-refractivity contribution in [1.29, 1.82) is 0 Å². The minimum absolute atomic E-state index is 0.0657. The van der Waals surface area contributed by atoms with Crippen molar-refractivity contribution in [2.45, 2.75) is 19.4 Å². The van der Waals surface area contributed by atoms with Crippen LogP contribution in [0.2, 0.25) is 0 Å². The predicted octanol–water partition coefficient (Wildman–Crippen LogP) is 4.00. The number of pyridine rings is 1. The van der Waals surface area contributed by atoms with E-state index in [0.29, 0.717) is 27.9 Å². The van der Waals surface area contributed by atoms with E-state index in [2.05, 4.69) is 21.2 Å². The molecule has 0 saturated heterocycles. The summed E-state index contributed by atoms with van der Waals surface area (Å²) in [5, 5.41) is 5.39. The van der Waals surface area contributed by atoms with Crippen LogP contribution in [0.15, 0.2) is 72.1 Å². The quantitative estimate of drug-likeness (QED) is 0.341. The largest absolute Gasteiger partial charge is 0.497 e. The highest BCUT2D eigenvalue weighted by Crippen LogP contribution is 2.28. The van der Waals surface area contributed by atoms with E-state index in [1.807, 2.05) is 41.8 Å². The van der Waals surface area contributed by atoms with E-state index in [9.17, 15) is 14.4 Å². The van der Waals surface area contributed by atoms with E-state index in [0.717, 1.165) is 10.4 Å². The van der Waals surface area contributed by atoms with E-state index in [1.54, 1.807) is 37.4 Å². The Kier molecular flexibility index (Phi) is 7.37. The standard InChI is InChI=1S/C26H24N4O4S/c1-16(31)27-22(17-9-11-18(34-2)12-10-17)15-25(32)29-30-26(33)20-14-23(24-8-5-13-35-24)28-21-7-4-3-6-19(20)21/h3-14,22H,15H2,1-2H3,(H,27,31)(H,29,32)(H,30,33)/t22-/m1/s1. The number of fused-ring (bicyclic) bond motifs is 1. The summed E-state index contributed by atoms with van der Waals surface area (Å²) in [4.78, 5) is 43.0. The summed E-state index contributed by atoms with van der Waals surface area (Å²) in [6.45, 7) is 1.38. The second-order valence-corrected chi connectivity index (χ2v) is 8.73. The number of hydrogen-bond acceptors (Lipinski definition) is 6. The molecule has 0 aliphatic heterocycles. The van der Waals surface area contributed by atoms with Gasteiger partial charge in [-0.05, 0) is 41.3 Å². The van der Waals surface area contributed by atoms with Crippen LogP contribution >= 0.6 is 11.3 Å². The number of nitrogens with zero attached hydrogens (tertiary/aromatic N) is 1. The number of carbonyl (C=O) groups excluding carboxylic acids is 3. The molecule has 2 heterocycles. The van der Waals surface area contributed by atoms with Gasteiger partial charge in [0.05, 0.1) is 41.2 Å². The highest BCUT2D eigenvalue weighted by molar-refractivity contribution is 7.13. The van der Waals surface area contributed by atoms with Gasteiger partial charge < -0.3 is 10.1 Å². The van der Waals surface area contributed by atoms with Gasteiger partial charge in [-0.3, -0.25) is 25.2 Å². The van der Waals surface area contributed by atoms with E-state index in [4.69, 9.17) is 4.74 Å². The van der Waals surface area contributed by atoms with Crippen molar-refractivity contribution in [2.75, 3.05) is 7.11 Å². The summed E-state index contributed by atoms with van der Waals surface area (Å²) in [6, 6.07) is 19.4. The first-order valence-electron chi connectivity index (χ1n) is 10.9. The molecule has 0 fully saturated rings. The molecule has 0 spiro atoms. The minimum Gasteiger partial charge on any atom is -0.497 e. The number of benzene rings is 2. The number of nitrogens with one attached hydrogen (secondary N) is 3. The van der Waals surface area contributed by atoms with Gasteiger partial charge in [-0.15, -0.1) is 11.3 Å². The Bertz CT molecular complexity index is 1350. The normalized spacial score (nSPS) is 11.5. The number of para-hydroxylation sites is 1. The van der Waals surface area contributed by atoms with E-state index < -0.39 is 17.9 Å². The molecule has 0 unspecified atom stereocenters. The smallest absolute Gasteiger partial charge is 0.270 e. The molecule has 3 amide bonds. The van der Waals surface area contributed by atoms with Gasteiger partial charge in [-0.25, -0.2) is 4.98 Å². The molecule has 9 heteroatoms. The Morgan fingerprint density at radius 1 is 1.00 bits per heavy atom. The molecule has 2 aromatic carbocycles. The van der Waals surface area contributed by atoms with E-state index >= 15 is 0 Å². The molecular weight excluding hydrogens is 464 g/mol. The van der Waals surface area contributed by atoms with Crippen LogP contribution < -0.4 is 20.9 Å². The third-order valence-electron chi connectivity index (χ3n) is 5.34. The molecule has 35 heavy (non-hydrogen) atoms. The number of amides is 3. The molecule has 0 saturated carbocycles. The van der Waals surface area contributed by atoms with Gasteiger partial charge in [-0.2, -0.15) is 0 Å². The number of thiophene rings is 1. The number of hydrogen-bond donors (Lipinski definition) is 3. The maximum atomic E-state index is 13.1. The number of rotatable bonds is 7. The molecule has 8 nitrogen and oxygen atoms in total. The number of carbonyl (C=O) groups is 3. The van der Waals surface area contributed by atoms with Gasteiger partial charge in [0.1, 0.15) is 5.75 Å². The molecule has 3 N–H and O–H groups in total. The predicted molar refractivity (Wildman–Crippen MR) is 135 cm³/mol. The maximum absolute atomic E-state index is 13.1. The lowest BCUT2D eigenvalue weighted by Crippen LogP contribution is -2.43. The van der Waals surface area contributed by atoms with Crippen molar-refractivity contribution in [3.8, 4) is 16.3 Å². The van der Waals surface area contributed by atoms with Gasteiger partial charge in [0.2, 0.25) is 11.8 Å². The topological polar surface area (TPSA) is 109 Å². The number of ether oxygens (including phenoxy) is 1. The highest BCUT2D eigenvalue weighted by atomic mass is 32.1. The zero-order valence-electron chi connectivity index (χ0n) is 19.2. The summed E-state index contributed by atoms with van der Waals surface area (Å²) < 4.78 is 5.16. The summed E-state index contributed by atoms with van der Waals surface area (Å²) in [5.41, 5.74) is 7.46. The van der Waals surface area contributed by atoms with Crippen LogP contribution in [0.3, 0.4) is 0 Å². The Hall–Kier alpha value is -4.24. The van der Waals surface area contributed by atoms with Gasteiger partial charge in [0.25, 0.3) is 5.91 Å². The lowest BCUT2D eigenvalue weighted by molar-refractivity contribution is -0.123. The Labute approximate surface area is 206 Å². The molecule has 4 rings (SSSR count). The third-order valence-corrected chi connectivity index (χ3v) is 6.23. The second kappa shape index (κ2) is 10.8. The monoisotopic (exact) mass is 488 g/mol. The SMILES string of the molecule is COc1ccc([C@@H](CC(=O)NNC(=O)c2cc(-c3cccs3)nc3ccccc23)NC(C)=O)cc1. The molecule has 4 aromatic rings. The highest BCUT2D eigenvalue weighted by Gasteiger charge is 2.19. The van der Waals surface area contributed by atoms with Crippen LogP contribution in [0, 0.1) is 0 Å². The summed E-state index contributed by atoms with van der Waals surface area (Å²) in [5.74, 6) is -0.523. The van der Waals surface area contributed by atoms with Crippen LogP contribution in [-0.2, 0) is 9.59 Å². The molecule has 2 aromatic heterocycles. The zero-order valence-corrected chi connectivity index (χ0v) is 20.0.